The molecule has 2 aliphatic carbocycles. The van der Waals surface area contributed by atoms with Crippen LogP contribution in [0.15, 0.2) is 61.2 Å². The van der Waals surface area contributed by atoms with Crippen molar-refractivity contribution in [1.82, 2.24) is 10.6 Å². The van der Waals surface area contributed by atoms with Gasteiger partial charge >= 0.3 is 12.1 Å². The third-order valence-electron chi connectivity index (χ3n) is 6.78. The molecule has 0 aromatic heterocycles. The summed E-state index contributed by atoms with van der Waals surface area (Å²) in [7, 11) is 0. The number of hydrogen-bond acceptors (Lipinski definition) is 4. The van der Waals surface area contributed by atoms with Crippen LogP contribution in [-0.4, -0.2) is 41.8 Å². The molecule has 4 rings (SSSR count). The Bertz CT molecular complexity index is 1030. The van der Waals surface area contributed by atoms with Crippen LogP contribution < -0.4 is 10.6 Å². The molecule has 2 aliphatic rings. The molecule has 1 fully saturated rings. The molecule has 3 N–H and O–H groups in total. The number of amides is 2. The highest BCUT2D eigenvalue weighted by Crippen LogP contribution is 2.44. The molecule has 0 bridgehead atoms. The number of carbonyl (C=O) groups is 3. The van der Waals surface area contributed by atoms with Crippen molar-refractivity contribution < 1.29 is 24.2 Å². The summed E-state index contributed by atoms with van der Waals surface area (Å²) in [5.41, 5.74) is 4.53. The number of rotatable bonds is 8. The largest absolute Gasteiger partial charge is 0.481 e. The molecule has 1 unspecified atom stereocenters. The minimum absolute atomic E-state index is 0.0609. The Morgan fingerprint density at radius 1 is 1.00 bits per heavy atom. The maximum absolute atomic E-state index is 12.8. The molecule has 2 aromatic carbocycles. The zero-order valence-corrected chi connectivity index (χ0v) is 19.0. The Balaban J connectivity index is 1.33. The van der Waals surface area contributed by atoms with Crippen LogP contribution in [0.1, 0.15) is 49.1 Å². The Hall–Kier alpha value is -3.61. The van der Waals surface area contributed by atoms with Gasteiger partial charge in [-0.15, -0.1) is 6.58 Å². The van der Waals surface area contributed by atoms with Gasteiger partial charge in [-0.2, -0.15) is 0 Å². The van der Waals surface area contributed by atoms with E-state index in [0.717, 1.165) is 22.3 Å². The Morgan fingerprint density at radius 2 is 1.59 bits per heavy atom. The van der Waals surface area contributed by atoms with Gasteiger partial charge in [0.2, 0.25) is 5.91 Å². The molecular formula is C27H30N2O5. The van der Waals surface area contributed by atoms with Crippen LogP contribution in [0.3, 0.4) is 0 Å². The second-order valence-corrected chi connectivity index (χ2v) is 8.94. The Labute approximate surface area is 199 Å². The average molecular weight is 463 g/mol. The number of ether oxygens (including phenoxy) is 1. The summed E-state index contributed by atoms with van der Waals surface area (Å²) in [4.78, 5) is 36.5. The number of carboxylic acids is 1. The lowest BCUT2D eigenvalue weighted by Gasteiger charge is -2.28. The highest BCUT2D eigenvalue weighted by Gasteiger charge is 2.31. The molecule has 0 radical (unpaired) electrons. The van der Waals surface area contributed by atoms with Gasteiger partial charge in [-0.25, -0.2) is 4.79 Å². The number of nitrogens with one attached hydrogen (secondary N) is 2. The molecule has 7 heteroatoms. The van der Waals surface area contributed by atoms with Crippen LogP contribution in [0.4, 0.5) is 4.79 Å². The molecule has 0 aliphatic heterocycles. The smallest absolute Gasteiger partial charge is 0.407 e. The second-order valence-electron chi connectivity index (χ2n) is 8.94. The summed E-state index contributed by atoms with van der Waals surface area (Å²) in [6.45, 7) is 3.86. The van der Waals surface area contributed by atoms with Gasteiger partial charge in [0.05, 0.1) is 5.92 Å². The molecule has 34 heavy (non-hydrogen) atoms. The highest BCUT2D eigenvalue weighted by atomic mass is 16.5. The molecule has 1 atom stereocenters. The van der Waals surface area contributed by atoms with Crippen LogP contribution in [0.25, 0.3) is 11.1 Å². The molecule has 0 heterocycles. The van der Waals surface area contributed by atoms with E-state index in [4.69, 9.17) is 9.84 Å². The second kappa shape index (κ2) is 10.5. The monoisotopic (exact) mass is 462 g/mol. The first-order valence-electron chi connectivity index (χ1n) is 11.7. The Kier molecular flexibility index (Phi) is 7.30. The molecule has 2 aromatic rings. The topological polar surface area (TPSA) is 105 Å². The number of aliphatic carboxylic acids is 1. The third kappa shape index (κ3) is 5.14. The van der Waals surface area contributed by atoms with Crippen LogP contribution in [0.2, 0.25) is 0 Å². The fourth-order valence-electron chi connectivity index (χ4n) is 4.97. The number of carboxylic acid groups (broad SMARTS) is 1. The molecular weight excluding hydrogens is 432 g/mol. The van der Waals surface area contributed by atoms with E-state index in [1.165, 1.54) is 0 Å². The SMILES string of the molecule is C=CCC(NC(=O)OCC1c2ccccc2-c2ccccc21)C(=O)NC1CCC(C(=O)O)CC1. The van der Waals surface area contributed by atoms with E-state index in [2.05, 4.69) is 29.3 Å². The van der Waals surface area contributed by atoms with Crippen molar-refractivity contribution in [3.05, 3.63) is 72.3 Å². The number of fused-ring (bicyclic) bond motifs is 3. The normalized spacial score (nSPS) is 19.9. The summed E-state index contributed by atoms with van der Waals surface area (Å²) in [5.74, 6) is -1.51. The first kappa shape index (κ1) is 23.5. The van der Waals surface area contributed by atoms with E-state index >= 15 is 0 Å². The van der Waals surface area contributed by atoms with Gasteiger partial charge in [0.25, 0.3) is 0 Å². The molecule has 0 spiro atoms. The highest BCUT2D eigenvalue weighted by molar-refractivity contribution is 5.86. The summed E-state index contributed by atoms with van der Waals surface area (Å²) < 4.78 is 5.57. The maximum Gasteiger partial charge on any atom is 0.407 e. The minimum Gasteiger partial charge on any atom is -0.481 e. The van der Waals surface area contributed by atoms with Gasteiger partial charge in [0.1, 0.15) is 12.6 Å². The lowest BCUT2D eigenvalue weighted by molar-refractivity contribution is -0.142. The van der Waals surface area contributed by atoms with E-state index in [9.17, 15) is 14.4 Å². The van der Waals surface area contributed by atoms with Crippen molar-refractivity contribution in [3.63, 3.8) is 0 Å². The Morgan fingerprint density at radius 3 is 2.15 bits per heavy atom. The predicted octanol–water partition coefficient (Wildman–Crippen LogP) is 4.23. The zero-order valence-electron chi connectivity index (χ0n) is 19.0. The summed E-state index contributed by atoms with van der Waals surface area (Å²) in [5, 5.41) is 14.8. The summed E-state index contributed by atoms with van der Waals surface area (Å²) in [6, 6.07) is 15.3. The van der Waals surface area contributed by atoms with Crippen molar-refractivity contribution >= 4 is 18.0 Å². The van der Waals surface area contributed by atoms with Crippen LogP contribution in [0.5, 0.6) is 0 Å². The lowest BCUT2D eigenvalue weighted by atomic mass is 9.86. The van der Waals surface area contributed by atoms with E-state index in [1.54, 1.807) is 6.08 Å². The average Bonchev–Trinajstić information content (AvgIpc) is 3.16. The number of hydrogen-bond donors (Lipinski definition) is 3. The summed E-state index contributed by atoms with van der Waals surface area (Å²) >= 11 is 0. The van der Waals surface area contributed by atoms with Crippen molar-refractivity contribution in [1.29, 1.82) is 0 Å². The zero-order chi connectivity index (χ0) is 24.1. The van der Waals surface area contributed by atoms with Crippen molar-refractivity contribution in [2.75, 3.05) is 6.61 Å². The van der Waals surface area contributed by atoms with Gasteiger partial charge in [-0.05, 0) is 54.4 Å². The van der Waals surface area contributed by atoms with Gasteiger partial charge in [-0.3, -0.25) is 9.59 Å². The van der Waals surface area contributed by atoms with Crippen molar-refractivity contribution in [2.24, 2.45) is 5.92 Å². The maximum atomic E-state index is 12.8. The molecule has 0 saturated heterocycles. The number of benzene rings is 2. The molecule has 178 valence electrons. The molecule has 1 saturated carbocycles. The third-order valence-corrected chi connectivity index (χ3v) is 6.78. The van der Waals surface area contributed by atoms with Gasteiger partial charge in [-0.1, -0.05) is 54.6 Å². The van der Waals surface area contributed by atoms with E-state index < -0.39 is 18.1 Å². The number of alkyl carbamates (subject to hydrolysis) is 1. The predicted molar refractivity (Wildman–Crippen MR) is 128 cm³/mol. The van der Waals surface area contributed by atoms with Crippen LogP contribution in [-0.2, 0) is 14.3 Å². The van der Waals surface area contributed by atoms with Crippen LogP contribution >= 0.6 is 0 Å². The molecule has 7 nitrogen and oxygen atoms in total. The van der Waals surface area contributed by atoms with Gasteiger partial charge in [0.15, 0.2) is 0 Å². The quantitative estimate of drug-likeness (QED) is 0.509. The van der Waals surface area contributed by atoms with E-state index in [-0.39, 0.29) is 36.8 Å². The fourth-order valence-corrected chi connectivity index (χ4v) is 4.97. The first-order valence-corrected chi connectivity index (χ1v) is 11.7. The number of carbonyl (C=O) groups excluding carboxylic acids is 2. The van der Waals surface area contributed by atoms with E-state index in [0.29, 0.717) is 25.7 Å². The lowest BCUT2D eigenvalue weighted by Crippen LogP contribution is -2.50. The van der Waals surface area contributed by atoms with Gasteiger partial charge < -0.3 is 20.5 Å². The summed E-state index contributed by atoms with van der Waals surface area (Å²) in [6.07, 6.45) is 3.47. The minimum atomic E-state index is -0.801. The molecule has 2 amide bonds. The first-order chi connectivity index (χ1) is 16.5. The van der Waals surface area contributed by atoms with Crippen molar-refractivity contribution in [2.45, 2.75) is 50.1 Å². The van der Waals surface area contributed by atoms with E-state index in [1.807, 2.05) is 36.4 Å². The van der Waals surface area contributed by atoms with Gasteiger partial charge in [0, 0.05) is 12.0 Å². The standard InChI is InChI=1S/C27H30N2O5/c1-2-7-24(25(30)28-18-14-12-17(13-15-18)26(31)32)29-27(33)34-16-23-21-10-5-3-8-19(21)20-9-4-6-11-22(20)23/h2-6,8-11,17-18,23-24H,1,7,12-16H2,(H,28,30)(H,29,33)(H,31,32). The van der Waals surface area contributed by atoms with Crippen molar-refractivity contribution in [3.8, 4) is 11.1 Å². The van der Waals surface area contributed by atoms with Crippen LogP contribution in [0, 0.1) is 5.92 Å². The fraction of sp³-hybridized carbons (Fsp3) is 0.370.